The van der Waals surface area contributed by atoms with Crippen molar-refractivity contribution in [2.24, 2.45) is 11.3 Å². The number of aliphatic hydroxyl groups excluding tert-OH is 2. The number of aliphatic hydroxyl groups is 2. The zero-order chi connectivity index (χ0) is 21.9. The fourth-order valence-electron chi connectivity index (χ4n) is 4.65. The van der Waals surface area contributed by atoms with Gasteiger partial charge in [-0.1, -0.05) is 11.6 Å². The molecule has 3 aromatic heterocycles. The lowest BCUT2D eigenvalue weighted by Gasteiger charge is -2.23. The van der Waals surface area contributed by atoms with Crippen molar-refractivity contribution in [1.29, 1.82) is 0 Å². The van der Waals surface area contributed by atoms with E-state index < -0.39 is 23.7 Å². The normalized spacial score (nSPS) is 28.7. The molecule has 160 valence electrons. The van der Waals surface area contributed by atoms with Crippen LogP contribution < -0.4 is 10.6 Å². The number of carbonyl (C=O) groups is 1. The number of fused-ring (bicyclic) bond motifs is 2. The lowest BCUT2D eigenvalue weighted by atomic mass is 9.98. The van der Waals surface area contributed by atoms with Crippen LogP contribution in [0, 0.1) is 23.2 Å². The molecule has 11 heteroatoms. The Balaban J connectivity index is 1.58. The van der Waals surface area contributed by atoms with E-state index in [-0.39, 0.29) is 17.6 Å². The maximum atomic E-state index is 12.4. The fraction of sp³-hybridized carbons (Fsp3) is 0.400. The molecule has 9 nitrogen and oxygen atoms in total. The van der Waals surface area contributed by atoms with Gasteiger partial charge in [-0.3, -0.25) is 4.79 Å². The van der Waals surface area contributed by atoms with E-state index in [1.54, 1.807) is 24.0 Å². The van der Waals surface area contributed by atoms with E-state index in [2.05, 4.69) is 37.4 Å². The van der Waals surface area contributed by atoms with E-state index in [1.807, 2.05) is 6.07 Å². The van der Waals surface area contributed by atoms with Gasteiger partial charge in [-0.25, -0.2) is 15.0 Å². The summed E-state index contributed by atoms with van der Waals surface area (Å²) in [5.41, 5.74) is 0.0192. The topological polar surface area (TPSA) is 125 Å². The molecular formula is C20H19ClN6O3S. The van der Waals surface area contributed by atoms with Gasteiger partial charge in [0.25, 0.3) is 0 Å². The van der Waals surface area contributed by atoms with Crippen LogP contribution in [0.5, 0.6) is 0 Å². The molecule has 0 saturated heterocycles. The summed E-state index contributed by atoms with van der Waals surface area (Å²) in [5.74, 6) is 6.25. The maximum Gasteiger partial charge on any atom is 0.229 e. The zero-order valence-corrected chi connectivity index (χ0v) is 18.2. The van der Waals surface area contributed by atoms with Crippen LogP contribution in [0.3, 0.4) is 0 Å². The molecule has 2 aliphatic rings. The van der Waals surface area contributed by atoms with Gasteiger partial charge in [0.1, 0.15) is 6.10 Å². The lowest BCUT2D eigenvalue weighted by molar-refractivity contribution is -0.132. The van der Waals surface area contributed by atoms with Crippen molar-refractivity contribution < 1.29 is 15.0 Å². The predicted molar refractivity (Wildman–Crippen MR) is 116 cm³/mol. The first-order chi connectivity index (χ1) is 14.9. The van der Waals surface area contributed by atoms with E-state index in [4.69, 9.17) is 11.6 Å². The Bertz CT molecular complexity index is 1260. The average molecular weight is 459 g/mol. The van der Waals surface area contributed by atoms with Crippen molar-refractivity contribution in [2.75, 3.05) is 19.4 Å². The number of hydrogen-bond donors (Lipinski definition) is 4. The number of aromatic nitrogens is 4. The Morgan fingerprint density at radius 3 is 2.81 bits per heavy atom. The van der Waals surface area contributed by atoms with Gasteiger partial charge in [0.2, 0.25) is 11.7 Å². The summed E-state index contributed by atoms with van der Waals surface area (Å²) in [6, 6.07) is 3.06. The number of imidazole rings is 1. The molecule has 0 unspecified atom stereocenters. The first-order valence-corrected chi connectivity index (χ1v) is 10.9. The van der Waals surface area contributed by atoms with Gasteiger partial charge in [-0.05, 0) is 30.4 Å². The summed E-state index contributed by atoms with van der Waals surface area (Å²) in [5, 5.41) is 27.0. The molecule has 31 heavy (non-hydrogen) atoms. The number of amides is 1. The van der Waals surface area contributed by atoms with Crippen molar-refractivity contribution >= 4 is 45.8 Å². The van der Waals surface area contributed by atoms with Gasteiger partial charge >= 0.3 is 0 Å². The highest BCUT2D eigenvalue weighted by molar-refractivity contribution is 7.16. The Morgan fingerprint density at radius 2 is 2.13 bits per heavy atom. The molecule has 2 fully saturated rings. The van der Waals surface area contributed by atoms with Crippen LogP contribution in [0.1, 0.15) is 23.2 Å². The molecule has 0 aromatic carbocycles. The number of nitrogens with one attached hydrogen (secondary N) is 2. The van der Waals surface area contributed by atoms with Crippen LogP contribution in [0.4, 0.5) is 5.82 Å². The molecule has 0 aliphatic heterocycles. The molecule has 0 radical (unpaired) electrons. The van der Waals surface area contributed by atoms with Crippen LogP contribution >= 0.6 is 22.9 Å². The lowest BCUT2D eigenvalue weighted by Crippen LogP contribution is -2.41. The standard InChI is InChI=1S/C20H19ClN6O3S/c1-22-17-13-18(26-12(25-17)6-4-9-3-5-11(21)31-9)27(8-24-13)14-10-7-20(10,19(30)23-2)16(29)15(14)28/h3,5,8,10,14-16,28-29H,7H2,1-2H3,(H,23,30)(H,22,25,26)/t10-,14-,15+,16+,20-/m1/s1. The number of anilines is 1. The summed E-state index contributed by atoms with van der Waals surface area (Å²) < 4.78 is 2.37. The monoisotopic (exact) mass is 458 g/mol. The van der Waals surface area contributed by atoms with Crippen molar-refractivity contribution in [3.63, 3.8) is 0 Å². The Hall–Kier alpha value is -2.71. The third-order valence-electron chi connectivity index (χ3n) is 6.17. The molecule has 5 atom stereocenters. The van der Waals surface area contributed by atoms with Crippen LogP contribution in [-0.2, 0) is 4.79 Å². The summed E-state index contributed by atoms with van der Waals surface area (Å²) in [6.07, 6.45) is -0.224. The number of rotatable bonds is 3. The first-order valence-electron chi connectivity index (χ1n) is 9.68. The summed E-state index contributed by atoms with van der Waals surface area (Å²) >= 11 is 7.32. The molecule has 1 amide bonds. The quantitative estimate of drug-likeness (QED) is 0.432. The summed E-state index contributed by atoms with van der Waals surface area (Å²) in [7, 11) is 3.26. The molecule has 3 aromatic rings. The van der Waals surface area contributed by atoms with Gasteiger partial charge in [0.05, 0.1) is 33.1 Å². The molecule has 3 heterocycles. The van der Waals surface area contributed by atoms with Gasteiger partial charge in [-0.15, -0.1) is 11.3 Å². The number of hydrogen-bond acceptors (Lipinski definition) is 8. The smallest absolute Gasteiger partial charge is 0.229 e. The van der Waals surface area contributed by atoms with Crippen LogP contribution in [0.15, 0.2) is 18.5 Å². The molecule has 2 aliphatic carbocycles. The van der Waals surface area contributed by atoms with E-state index in [0.29, 0.717) is 27.7 Å². The molecular weight excluding hydrogens is 440 g/mol. The average Bonchev–Trinajstić information content (AvgIpc) is 3.02. The van der Waals surface area contributed by atoms with E-state index >= 15 is 0 Å². The van der Waals surface area contributed by atoms with E-state index in [9.17, 15) is 15.0 Å². The number of carbonyl (C=O) groups excluding carboxylic acids is 1. The Morgan fingerprint density at radius 1 is 1.32 bits per heavy atom. The van der Waals surface area contributed by atoms with Gasteiger partial charge < -0.3 is 25.4 Å². The highest BCUT2D eigenvalue weighted by Crippen LogP contribution is 2.67. The van der Waals surface area contributed by atoms with Gasteiger partial charge in [0, 0.05) is 20.0 Å². The molecule has 0 spiro atoms. The van der Waals surface area contributed by atoms with Gasteiger partial charge in [-0.2, -0.15) is 0 Å². The highest BCUT2D eigenvalue weighted by atomic mass is 35.5. The molecule has 4 N–H and O–H groups in total. The second-order valence-electron chi connectivity index (χ2n) is 7.68. The fourth-order valence-corrected chi connectivity index (χ4v) is 5.55. The predicted octanol–water partition coefficient (Wildman–Crippen LogP) is 1.01. The maximum absolute atomic E-state index is 12.4. The largest absolute Gasteiger partial charge is 0.389 e. The first kappa shape index (κ1) is 20.2. The van der Waals surface area contributed by atoms with Crippen LogP contribution in [0.2, 0.25) is 4.34 Å². The minimum atomic E-state index is -1.16. The minimum Gasteiger partial charge on any atom is -0.389 e. The minimum absolute atomic E-state index is 0.217. The highest BCUT2D eigenvalue weighted by Gasteiger charge is 2.75. The molecule has 0 bridgehead atoms. The third kappa shape index (κ3) is 2.92. The van der Waals surface area contributed by atoms with Crippen molar-refractivity contribution in [2.45, 2.75) is 24.7 Å². The molecule has 5 rings (SSSR count). The Labute approximate surface area is 186 Å². The van der Waals surface area contributed by atoms with Crippen LogP contribution in [-0.4, -0.2) is 61.9 Å². The van der Waals surface area contributed by atoms with Crippen molar-refractivity contribution in [1.82, 2.24) is 24.8 Å². The number of nitrogens with zero attached hydrogens (tertiary/aromatic N) is 4. The van der Waals surface area contributed by atoms with Gasteiger partial charge in [0.15, 0.2) is 17.0 Å². The number of thiophene rings is 1. The second kappa shape index (κ2) is 7.17. The summed E-state index contributed by atoms with van der Waals surface area (Å²) in [4.78, 5) is 26.6. The van der Waals surface area contributed by atoms with Crippen molar-refractivity contribution in [3.05, 3.63) is 33.5 Å². The van der Waals surface area contributed by atoms with E-state index in [0.717, 1.165) is 4.88 Å². The number of halogens is 1. The van der Waals surface area contributed by atoms with Crippen LogP contribution in [0.25, 0.3) is 11.2 Å². The summed E-state index contributed by atoms with van der Waals surface area (Å²) in [6.45, 7) is 0. The Kier molecular flexibility index (Phi) is 4.67. The van der Waals surface area contributed by atoms with E-state index in [1.165, 1.54) is 18.4 Å². The zero-order valence-electron chi connectivity index (χ0n) is 16.6. The second-order valence-corrected chi connectivity index (χ2v) is 9.39. The molecule has 2 saturated carbocycles. The van der Waals surface area contributed by atoms with Crippen molar-refractivity contribution in [3.8, 4) is 11.8 Å². The third-order valence-corrected chi connectivity index (χ3v) is 7.32. The SMILES string of the molecule is CNC(=O)[C@]12C[C@@H]1[C@@H](n1cnc3c(NC)nc(C#Cc4ccc(Cl)s4)nc31)[C@H](O)[C@@H]2O.